The molecule has 3 rings (SSSR count). The van der Waals surface area contributed by atoms with Crippen LogP contribution in [0.1, 0.15) is 24.2 Å². The molecule has 1 aromatic rings. The number of ether oxygens (including phenoxy) is 1. The average molecular weight is 286 g/mol. The Bertz CT molecular complexity index is 567. The van der Waals surface area contributed by atoms with Gasteiger partial charge < -0.3 is 4.74 Å². The number of benzene rings is 1. The van der Waals surface area contributed by atoms with Gasteiger partial charge in [-0.1, -0.05) is 44.2 Å². The molecule has 0 spiro atoms. The summed E-state index contributed by atoms with van der Waals surface area (Å²) in [5, 5.41) is 8.07. The second kappa shape index (κ2) is 4.95. The van der Waals surface area contributed by atoms with Crippen molar-refractivity contribution in [2.75, 3.05) is 20.2 Å². The number of nitrogens with zero attached hydrogens (tertiary/aromatic N) is 1. The molecule has 0 radical (unpaired) electrons. The molecule has 21 heavy (non-hydrogen) atoms. The zero-order valence-electron chi connectivity index (χ0n) is 12.8. The van der Waals surface area contributed by atoms with Crippen LogP contribution in [0.4, 0.5) is 0 Å². The van der Waals surface area contributed by atoms with Crippen molar-refractivity contribution in [1.29, 1.82) is 5.41 Å². The van der Waals surface area contributed by atoms with Gasteiger partial charge in [-0.15, -0.1) is 0 Å². The Morgan fingerprint density at radius 3 is 2.67 bits per heavy atom. The minimum Gasteiger partial charge on any atom is -0.483 e. The lowest BCUT2D eigenvalue weighted by Crippen LogP contribution is -2.44. The number of hydrogen-bond donors (Lipinski definition) is 1. The van der Waals surface area contributed by atoms with Crippen LogP contribution in [0, 0.1) is 22.7 Å². The van der Waals surface area contributed by atoms with Gasteiger partial charge >= 0.3 is 0 Å². The molecule has 1 saturated heterocycles. The van der Waals surface area contributed by atoms with Crippen molar-refractivity contribution in [2.24, 2.45) is 17.3 Å². The monoisotopic (exact) mass is 286 g/mol. The van der Waals surface area contributed by atoms with Crippen LogP contribution in [0.5, 0.6) is 0 Å². The number of hydrogen-bond acceptors (Lipinski definition) is 4. The van der Waals surface area contributed by atoms with Crippen LogP contribution in [-0.2, 0) is 4.74 Å². The minimum absolute atomic E-state index is 0.0531. The first-order chi connectivity index (χ1) is 9.96. The van der Waals surface area contributed by atoms with Crippen LogP contribution >= 0.6 is 0 Å². The molecule has 0 aromatic heterocycles. The largest absolute Gasteiger partial charge is 0.483 e. The van der Waals surface area contributed by atoms with Crippen molar-refractivity contribution < 1.29 is 9.53 Å². The van der Waals surface area contributed by atoms with Crippen molar-refractivity contribution in [1.82, 2.24) is 4.90 Å². The second-order valence-corrected chi connectivity index (χ2v) is 6.69. The fourth-order valence-electron chi connectivity index (χ4n) is 3.87. The van der Waals surface area contributed by atoms with Crippen molar-refractivity contribution >= 4 is 11.7 Å². The highest BCUT2D eigenvalue weighted by Crippen LogP contribution is 2.64. The maximum absolute atomic E-state index is 12.4. The number of carbonyl (C=O) groups excluding carboxylic acids is 1. The molecular weight excluding hydrogens is 264 g/mol. The molecule has 1 aliphatic carbocycles. The van der Waals surface area contributed by atoms with Crippen molar-refractivity contribution in [3.63, 3.8) is 0 Å². The highest BCUT2D eigenvalue weighted by Gasteiger charge is 2.68. The number of ketones is 1. The minimum atomic E-state index is -0.0531. The second-order valence-electron chi connectivity index (χ2n) is 6.69. The molecule has 2 fully saturated rings. The number of carbonyl (C=O) groups is 1. The first-order valence-corrected chi connectivity index (χ1v) is 7.41. The SMILES string of the molecule is COC(=N)[C@@H]1[C@@H]2[C@H](CN1CC(=O)c1ccccc1)C2(C)C. The first kappa shape index (κ1) is 14.3. The van der Waals surface area contributed by atoms with E-state index in [9.17, 15) is 4.79 Å². The summed E-state index contributed by atoms with van der Waals surface area (Å²) in [6.45, 7) is 5.74. The molecule has 4 heteroatoms. The molecule has 4 nitrogen and oxygen atoms in total. The lowest BCUT2D eigenvalue weighted by Gasteiger charge is -2.29. The molecule has 112 valence electrons. The molecule has 1 aromatic carbocycles. The summed E-state index contributed by atoms with van der Waals surface area (Å²) in [6.07, 6.45) is 0. The van der Waals surface area contributed by atoms with E-state index in [4.69, 9.17) is 10.1 Å². The molecule has 1 saturated carbocycles. The highest BCUT2D eigenvalue weighted by atomic mass is 16.5. The summed E-state index contributed by atoms with van der Waals surface area (Å²) < 4.78 is 5.17. The van der Waals surface area contributed by atoms with Crippen LogP contribution in [0.2, 0.25) is 0 Å². The van der Waals surface area contributed by atoms with Gasteiger partial charge in [0.2, 0.25) is 0 Å². The normalized spacial score (nSPS) is 29.8. The zero-order valence-corrected chi connectivity index (χ0v) is 12.8. The summed E-state index contributed by atoms with van der Waals surface area (Å²) >= 11 is 0. The Kier molecular flexibility index (Phi) is 3.36. The van der Waals surface area contributed by atoms with E-state index in [-0.39, 0.29) is 23.1 Å². The topological polar surface area (TPSA) is 53.4 Å². The first-order valence-electron chi connectivity index (χ1n) is 7.41. The highest BCUT2D eigenvalue weighted by molar-refractivity contribution is 5.98. The van der Waals surface area contributed by atoms with Gasteiger partial charge in [-0.3, -0.25) is 15.1 Å². The molecule has 1 aliphatic heterocycles. The Hall–Kier alpha value is -1.68. The number of methoxy groups -OCH3 is 1. The van der Waals surface area contributed by atoms with Gasteiger partial charge in [0.15, 0.2) is 11.7 Å². The van der Waals surface area contributed by atoms with Gasteiger partial charge in [0.05, 0.1) is 19.7 Å². The number of piperidine rings is 1. The number of fused-ring (bicyclic) bond motifs is 1. The molecule has 0 unspecified atom stereocenters. The van der Waals surface area contributed by atoms with Crippen LogP contribution in [0.25, 0.3) is 0 Å². The van der Waals surface area contributed by atoms with E-state index in [1.807, 2.05) is 30.3 Å². The van der Waals surface area contributed by atoms with Crippen molar-refractivity contribution in [3.05, 3.63) is 35.9 Å². The molecule has 0 bridgehead atoms. The van der Waals surface area contributed by atoms with E-state index in [1.54, 1.807) is 7.11 Å². The molecule has 0 amide bonds. The number of nitrogens with one attached hydrogen (secondary N) is 1. The van der Waals surface area contributed by atoms with Crippen LogP contribution in [-0.4, -0.2) is 42.8 Å². The van der Waals surface area contributed by atoms with Crippen LogP contribution in [0.15, 0.2) is 30.3 Å². The quantitative estimate of drug-likeness (QED) is 0.525. The third-order valence-electron chi connectivity index (χ3n) is 5.23. The molecular formula is C17H22N2O2. The van der Waals surface area contributed by atoms with Gasteiger partial charge in [0.1, 0.15) is 0 Å². The lowest BCUT2D eigenvalue weighted by atomic mass is 10.00. The van der Waals surface area contributed by atoms with Gasteiger partial charge in [-0.2, -0.15) is 0 Å². The summed E-state index contributed by atoms with van der Waals surface area (Å²) in [7, 11) is 1.54. The van der Waals surface area contributed by atoms with Crippen LogP contribution in [0.3, 0.4) is 0 Å². The van der Waals surface area contributed by atoms with E-state index in [0.717, 1.165) is 12.1 Å². The van der Waals surface area contributed by atoms with Gasteiger partial charge in [0.25, 0.3) is 0 Å². The summed E-state index contributed by atoms with van der Waals surface area (Å²) in [5.41, 5.74) is 1.00. The van der Waals surface area contributed by atoms with Gasteiger partial charge in [0, 0.05) is 12.1 Å². The number of rotatable bonds is 4. The zero-order chi connectivity index (χ0) is 15.2. The standard InChI is InChI=1S/C17H22N2O2/c1-17(2)12-9-19(15(14(12)17)16(18)21-3)10-13(20)11-7-5-4-6-8-11/h4-8,12,14-15,18H,9-10H2,1-3H3/t12-,14-,15-/m0/s1. The molecule has 1 N–H and O–H groups in total. The maximum Gasteiger partial charge on any atom is 0.198 e. The summed E-state index contributed by atoms with van der Waals surface area (Å²) in [5.74, 6) is 1.41. The predicted octanol–water partition coefficient (Wildman–Crippen LogP) is 2.45. The summed E-state index contributed by atoms with van der Waals surface area (Å²) in [6, 6.07) is 9.31. The maximum atomic E-state index is 12.4. The smallest absolute Gasteiger partial charge is 0.198 e. The van der Waals surface area contributed by atoms with Crippen LogP contribution < -0.4 is 0 Å². The Balaban J connectivity index is 1.74. The summed E-state index contributed by atoms with van der Waals surface area (Å²) in [4.78, 5) is 14.5. The van der Waals surface area contributed by atoms with E-state index >= 15 is 0 Å². The molecule has 3 atom stereocenters. The average Bonchev–Trinajstić information content (AvgIpc) is 2.85. The predicted molar refractivity (Wildman–Crippen MR) is 81.6 cm³/mol. The van der Waals surface area contributed by atoms with E-state index in [2.05, 4.69) is 18.7 Å². The molecule has 1 heterocycles. The number of likely N-dealkylation sites (tertiary alicyclic amines) is 1. The Morgan fingerprint density at radius 1 is 1.38 bits per heavy atom. The molecule has 2 aliphatic rings. The fourth-order valence-corrected chi connectivity index (χ4v) is 3.87. The lowest BCUT2D eigenvalue weighted by molar-refractivity contribution is 0.0907. The van der Waals surface area contributed by atoms with Crippen molar-refractivity contribution in [3.8, 4) is 0 Å². The number of Topliss-reactive ketones (excluding diaryl/α,β-unsaturated/α-hetero) is 1. The Labute approximate surface area is 125 Å². The third-order valence-corrected chi connectivity index (χ3v) is 5.23. The van der Waals surface area contributed by atoms with E-state index in [1.165, 1.54) is 0 Å². The third kappa shape index (κ3) is 2.27. The fraction of sp³-hybridized carbons (Fsp3) is 0.529. The Morgan fingerprint density at radius 2 is 2.05 bits per heavy atom. The van der Waals surface area contributed by atoms with E-state index < -0.39 is 0 Å². The van der Waals surface area contributed by atoms with Crippen molar-refractivity contribution in [2.45, 2.75) is 19.9 Å². The van der Waals surface area contributed by atoms with E-state index in [0.29, 0.717) is 18.4 Å². The van der Waals surface area contributed by atoms with Gasteiger partial charge in [-0.05, 0) is 17.3 Å². The van der Waals surface area contributed by atoms with Gasteiger partial charge in [-0.25, -0.2) is 0 Å².